The summed E-state index contributed by atoms with van der Waals surface area (Å²) in [5.41, 5.74) is 4.58. The molecule has 1 aliphatic heterocycles. The average molecular weight is 475 g/mol. The van der Waals surface area contributed by atoms with Crippen LogP contribution in [-0.4, -0.2) is 47.2 Å². The lowest BCUT2D eigenvalue weighted by Crippen LogP contribution is -2.47. The highest BCUT2D eigenvalue weighted by molar-refractivity contribution is 5.94. The van der Waals surface area contributed by atoms with E-state index in [4.69, 9.17) is 9.15 Å². The zero-order chi connectivity index (χ0) is 24.4. The third-order valence-corrected chi connectivity index (χ3v) is 6.67. The van der Waals surface area contributed by atoms with E-state index in [1.54, 1.807) is 6.07 Å². The molecule has 2 aliphatic rings. The molecule has 2 N–H and O–H groups in total. The van der Waals surface area contributed by atoms with Gasteiger partial charge in [0, 0.05) is 12.5 Å². The van der Waals surface area contributed by atoms with Crippen molar-refractivity contribution >= 4 is 18.0 Å². The number of furan rings is 1. The van der Waals surface area contributed by atoms with Crippen LogP contribution >= 0.6 is 0 Å². The number of amides is 2. The maximum Gasteiger partial charge on any atom is 0.407 e. The molecule has 2 heterocycles. The van der Waals surface area contributed by atoms with E-state index >= 15 is 0 Å². The molecule has 1 atom stereocenters. The van der Waals surface area contributed by atoms with E-state index in [-0.39, 0.29) is 24.8 Å². The van der Waals surface area contributed by atoms with Crippen molar-refractivity contribution in [3.8, 4) is 11.1 Å². The second-order valence-electron chi connectivity index (χ2n) is 8.79. The van der Waals surface area contributed by atoms with Crippen molar-refractivity contribution in [3.63, 3.8) is 0 Å². The highest BCUT2D eigenvalue weighted by atomic mass is 16.5. The molecule has 2 amide bonds. The minimum Gasteiger partial charge on any atom is -0.480 e. The number of piperidine rings is 1. The summed E-state index contributed by atoms with van der Waals surface area (Å²) in [6, 6.07) is 18.5. The van der Waals surface area contributed by atoms with Crippen LogP contribution in [0.5, 0.6) is 0 Å². The maximum atomic E-state index is 12.8. The number of aliphatic carboxylic acids is 1. The molecule has 180 valence electrons. The molecule has 8 nitrogen and oxygen atoms in total. The number of rotatable bonds is 6. The number of carbonyl (C=O) groups is 3. The van der Waals surface area contributed by atoms with Crippen molar-refractivity contribution < 1.29 is 28.6 Å². The molecule has 3 aromatic rings. The van der Waals surface area contributed by atoms with Gasteiger partial charge >= 0.3 is 12.1 Å². The molecule has 5 rings (SSSR count). The first-order valence-corrected chi connectivity index (χ1v) is 11.7. The monoisotopic (exact) mass is 474 g/mol. The highest BCUT2D eigenvalue weighted by Crippen LogP contribution is 2.44. The lowest BCUT2D eigenvalue weighted by atomic mass is 9.98. The molecule has 8 heteroatoms. The van der Waals surface area contributed by atoms with Gasteiger partial charge in [0.1, 0.15) is 18.4 Å². The van der Waals surface area contributed by atoms with Gasteiger partial charge in [-0.3, -0.25) is 4.79 Å². The lowest BCUT2D eigenvalue weighted by Gasteiger charge is -2.32. The summed E-state index contributed by atoms with van der Waals surface area (Å²) in [4.78, 5) is 38.0. The predicted octanol–water partition coefficient (Wildman–Crippen LogP) is 4.40. The number of likely N-dealkylation sites (tertiary alicyclic amines) is 1. The number of carbonyl (C=O) groups excluding carboxylic acids is 2. The standard InChI is InChI=1S/C27H26N2O6/c30-25(29-14-6-5-11-23(29)26(31)32)24-13-12-17(35-24)15-28-27(33)34-16-22-20-9-3-1-7-18(20)19-8-2-4-10-21(19)22/h1-4,7-10,12-13,22-23H,5-6,11,14-16H2,(H,28,33)(H,31,32)/t23-/m0/s1. The van der Waals surface area contributed by atoms with E-state index in [0.29, 0.717) is 18.7 Å². The van der Waals surface area contributed by atoms with E-state index in [9.17, 15) is 19.5 Å². The number of carboxylic acid groups (broad SMARTS) is 1. The second kappa shape index (κ2) is 9.66. The summed E-state index contributed by atoms with van der Waals surface area (Å²) in [5, 5.41) is 12.1. The van der Waals surface area contributed by atoms with Crippen LogP contribution in [0.4, 0.5) is 4.79 Å². The van der Waals surface area contributed by atoms with Crippen molar-refractivity contribution in [2.75, 3.05) is 13.2 Å². The first-order valence-electron chi connectivity index (χ1n) is 11.7. The van der Waals surface area contributed by atoms with Gasteiger partial charge in [-0.2, -0.15) is 0 Å². The SMILES string of the molecule is O=C(NCc1ccc(C(=O)N2CCCC[C@H]2C(=O)O)o1)OCC1c2ccccc2-c2ccccc21. The van der Waals surface area contributed by atoms with Gasteiger partial charge in [0.2, 0.25) is 0 Å². The smallest absolute Gasteiger partial charge is 0.407 e. The third kappa shape index (κ3) is 4.51. The molecule has 35 heavy (non-hydrogen) atoms. The van der Waals surface area contributed by atoms with E-state index < -0.39 is 24.0 Å². The molecule has 1 aromatic heterocycles. The van der Waals surface area contributed by atoms with Crippen molar-refractivity contribution in [3.05, 3.63) is 83.3 Å². The number of hydrogen-bond donors (Lipinski definition) is 2. The second-order valence-corrected chi connectivity index (χ2v) is 8.79. The minimum atomic E-state index is -1.01. The summed E-state index contributed by atoms with van der Waals surface area (Å²) >= 11 is 0. The van der Waals surface area contributed by atoms with Crippen LogP contribution in [-0.2, 0) is 16.1 Å². The summed E-state index contributed by atoms with van der Waals surface area (Å²) in [6.45, 7) is 0.628. The first-order chi connectivity index (χ1) is 17.0. The minimum absolute atomic E-state index is 0.0345. The number of ether oxygens (including phenoxy) is 1. The average Bonchev–Trinajstić information content (AvgIpc) is 3.49. The van der Waals surface area contributed by atoms with Crippen molar-refractivity contribution in [2.24, 2.45) is 0 Å². The van der Waals surface area contributed by atoms with Crippen molar-refractivity contribution in [2.45, 2.75) is 37.8 Å². The molecular formula is C27H26N2O6. The zero-order valence-corrected chi connectivity index (χ0v) is 19.1. The van der Waals surface area contributed by atoms with Crippen LogP contribution in [0.1, 0.15) is 52.6 Å². The molecule has 1 saturated heterocycles. The first kappa shape index (κ1) is 22.7. The zero-order valence-electron chi connectivity index (χ0n) is 19.1. The predicted molar refractivity (Wildman–Crippen MR) is 127 cm³/mol. The Morgan fingerprint density at radius 2 is 1.66 bits per heavy atom. The molecule has 0 unspecified atom stereocenters. The molecule has 0 spiro atoms. The van der Waals surface area contributed by atoms with Crippen LogP contribution in [0, 0.1) is 0 Å². The number of nitrogens with zero attached hydrogens (tertiary/aromatic N) is 1. The largest absolute Gasteiger partial charge is 0.480 e. The van der Waals surface area contributed by atoms with Crippen LogP contribution in [0.25, 0.3) is 11.1 Å². The Bertz CT molecular complexity index is 1220. The summed E-state index contributed by atoms with van der Waals surface area (Å²) in [5.74, 6) is -1.06. The molecular weight excluding hydrogens is 448 g/mol. The van der Waals surface area contributed by atoms with E-state index in [2.05, 4.69) is 29.6 Å². The Hall–Kier alpha value is -4.07. The summed E-state index contributed by atoms with van der Waals surface area (Å²) in [7, 11) is 0. The van der Waals surface area contributed by atoms with Gasteiger partial charge in [-0.1, -0.05) is 48.5 Å². The molecule has 0 bridgehead atoms. The van der Waals surface area contributed by atoms with E-state index in [0.717, 1.165) is 35.1 Å². The Kier molecular flexibility index (Phi) is 6.27. The Morgan fingerprint density at radius 1 is 0.971 bits per heavy atom. The van der Waals surface area contributed by atoms with Gasteiger partial charge < -0.3 is 24.5 Å². The van der Waals surface area contributed by atoms with Crippen molar-refractivity contribution in [1.29, 1.82) is 0 Å². The summed E-state index contributed by atoms with van der Waals surface area (Å²) < 4.78 is 11.1. The fourth-order valence-corrected chi connectivity index (χ4v) is 4.97. The van der Waals surface area contributed by atoms with E-state index in [1.165, 1.54) is 11.0 Å². The van der Waals surface area contributed by atoms with Gasteiger partial charge in [0.15, 0.2) is 5.76 Å². The van der Waals surface area contributed by atoms with Crippen LogP contribution in [0.2, 0.25) is 0 Å². The normalized spacial score (nSPS) is 16.9. The molecule has 0 radical (unpaired) electrons. The highest BCUT2D eigenvalue weighted by Gasteiger charge is 2.34. The third-order valence-electron chi connectivity index (χ3n) is 6.67. The molecule has 1 aliphatic carbocycles. The summed E-state index contributed by atoms with van der Waals surface area (Å²) in [6.07, 6.45) is 1.37. The fraction of sp³-hybridized carbons (Fsp3) is 0.296. The topological polar surface area (TPSA) is 109 Å². The van der Waals surface area contributed by atoms with Gasteiger partial charge in [-0.05, 0) is 53.6 Å². The number of carboxylic acids is 1. The number of fused-ring (bicyclic) bond motifs is 3. The Labute approximate surface area is 202 Å². The number of alkyl carbamates (subject to hydrolysis) is 1. The number of benzene rings is 2. The Balaban J connectivity index is 1.17. The lowest BCUT2D eigenvalue weighted by molar-refractivity contribution is -0.143. The van der Waals surface area contributed by atoms with E-state index in [1.807, 2.05) is 24.3 Å². The fourth-order valence-electron chi connectivity index (χ4n) is 4.97. The van der Waals surface area contributed by atoms with Crippen LogP contribution in [0.3, 0.4) is 0 Å². The van der Waals surface area contributed by atoms with Crippen LogP contribution < -0.4 is 5.32 Å². The van der Waals surface area contributed by atoms with Gasteiger partial charge in [0.05, 0.1) is 6.54 Å². The van der Waals surface area contributed by atoms with Gasteiger partial charge in [0.25, 0.3) is 5.91 Å². The van der Waals surface area contributed by atoms with Crippen molar-refractivity contribution in [1.82, 2.24) is 10.2 Å². The van der Waals surface area contributed by atoms with Crippen LogP contribution in [0.15, 0.2) is 65.1 Å². The molecule has 2 aromatic carbocycles. The maximum absolute atomic E-state index is 12.8. The van der Waals surface area contributed by atoms with Gasteiger partial charge in [-0.15, -0.1) is 0 Å². The number of nitrogens with one attached hydrogen (secondary N) is 1. The quantitative estimate of drug-likeness (QED) is 0.548. The Morgan fingerprint density at radius 3 is 2.34 bits per heavy atom. The van der Waals surface area contributed by atoms with Gasteiger partial charge in [-0.25, -0.2) is 9.59 Å². The number of hydrogen-bond acceptors (Lipinski definition) is 5. The molecule has 0 saturated carbocycles. The molecule has 1 fully saturated rings.